The number of non-ortho nitro benzene ring substituents is 1. The van der Waals surface area contributed by atoms with E-state index in [0.29, 0.717) is 29.9 Å². The smallest absolute Gasteiger partial charge is 0.272 e. The first kappa shape index (κ1) is 17.9. The highest BCUT2D eigenvalue weighted by atomic mass is 16.6. The van der Waals surface area contributed by atoms with E-state index >= 15 is 0 Å². The van der Waals surface area contributed by atoms with Gasteiger partial charge in [0.25, 0.3) is 17.3 Å². The summed E-state index contributed by atoms with van der Waals surface area (Å²) in [5.74, 6) is -0.330. The van der Waals surface area contributed by atoms with Gasteiger partial charge in [0.05, 0.1) is 9.85 Å². The molecule has 9 heteroatoms. The third-order valence-corrected chi connectivity index (χ3v) is 3.47. The molecule has 0 aliphatic heterocycles. The van der Waals surface area contributed by atoms with E-state index in [1.54, 1.807) is 19.1 Å². The van der Waals surface area contributed by atoms with Crippen LogP contribution in [0.4, 0.5) is 17.1 Å². The van der Waals surface area contributed by atoms with E-state index in [9.17, 15) is 25.0 Å². The van der Waals surface area contributed by atoms with Crippen molar-refractivity contribution in [2.24, 2.45) is 0 Å². The molecule has 130 valence electrons. The van der Waals surface area contributed by atoms with E-state index in [4.69, 9.17) is 0 Å². The van der Waals surface area contributed by atoms with Crippen LogP contribution in [0.3, 0.4) is 0 Å². The van der Waals surface area contributed by atoms with E-state index in [2.05, 4.69) is 10.6 Å². The molecule has 0 heterocycles. The predicted molar refractivity (Wildman–Crippen MR) is 91.8 cm³/mol. The van der Waals surface area contributed by atoms with Crippen molar-refractivity contribution in [1.29, 1.82) is 0 Å². The fourth-order valence-corrected chi connectivity index (χ4v) is 2.19. The van der Waals surface area contributed by atoms with E-state index in [1.165, 1.54) is 30.3 Å². The molecule has 2 N–H and O–H groups in total. The lowest BCUT2D eigenvalue weighted by atomic mass is 10.1. The number of aryl methyl sites for hydroxylation is 1. The van der Waals surface area contributed by atoms with Gasteiger partial charge in [-0.05, 0) is 31.2 Å². The fraction of sp³-hybridized carbons (Fsp3) is 0.188. The molecule has 0 spiro atoms. The third-order valence-electron chi connectivity index (χ3n) is 3.47. The first-order valence-electron chi connectivity index (χ1n) is 7.40. The zero-order valence-electron chi connectivity index (χ0n) is 13.4. The summed E-state index contributed by atoms with van der Waals surface area (Å²) in [5, 5.41) is 27.1. The van der Waals surface area contributed by atoms with E-state index < -0.39 is 9.85 Å². The standard InChI is InChI=1S/C16H16N4O5/c1-11-10-12(2-7-15(11)20(24)25)16(21)18-9-8-17-13-3-5-14(6-4-13)19(22)23/h2-7,10,17H,8-9H2,1H3,(H,18,21). The van der Waals surface area contributed by atoms with Crippen molar-refractivity contribution in [3.05, 3.63) is 73.8 Å². The van der Waals surface area contributed by atoms with Crippen molar-refractivity contribution in [3.63, 3.8) is 0 Å². The van der Waals surface area contributed by atoms with Crippen LogP contribution in [0, 0.1) is 27.2 Å². The number of carbonyl (C=O) groups is 1. The maximum Gasteiger partial charge on any atom is 0.272 e. The topological polar surface area (TPSA) is 127 Å². The summed E-state index contributed by atoms with van der Waals surface area (Å²) in [6.07, 6.45) is 0. The van der Waals surface area contributed by atoms with Gasteiger partial charge in [-0.3, -0.25) is 25.0 Å². The van der Waals surface area contributed by atoms with Crippen LogP contribution in [0.15, 0.2) is 42.5 Å². The number of anilines is 1. The Morgan fingerprint density at radius 3 is 2.24 bits per heavy atom. The summed E-state index contributed by atoms with van der Waals surface area (Å²) in [5.41, 5.74) is 1.44. The normalized spacial score (nSPS) is 10.1. The second-order valence-corrected chi connectivity index (χ2v) is 5.25. The lowest BCUT2D eigenvalue weighted by molar-refractivity contribution is -0.385. The van der Waals surface area contributed by atoms with Crippen molar-refractivity contribution >= 4 is 23.0 Å². The number of hydrogen-bond donors (Lipinski definition) is 2. The largest absolute Gasteiger partial charge is 0.383 e. The first-order chi connectivity index (χ1) is 11.9. The summed E-state index contributed by atoms with van der Waals surface area (Å²) in [7, 11) is 0. The second kappa shape index (κ2) is 7.86. The Morgan fingerprint density at radius 1 is 1.00 bits per heavy atom. The van der Waals surface area contributed by atoms with Crippen LogP contribution >= 0.6 is 0 Å². The minimum Gasteiger partial charge on any atom is -0.383 e. The van der Waals surface area contributed by atoms with E-state index in [-0.39, 0.29) is 17.3 Å². The predicted octanol–water partition coefficient (Wildman–Crippen LogP) is 2.65. The lowest BCUT2D eigenvalue weighted by Gasteiger charge is -2.08. The van der Waals surface area contributed by atoms with Crippen LogP contribution in [0.5, 0.6) is 0 Å². The molecule has 2 aromatic carbocycles. The molecule has 2 aromatic rings. The molecular weight excluding hydrogens is 328 g/mol. The van der Waals surface area contributed by atoms with Crippen LogP contribution < -0.4 is 10.6 Å². The lowest BCUT2D eigenvalue weighted by Crippen LogP contribution is -2.28. The van der Waals surface area contributed by atoms with Gasteiger partial charge in [-0.15, -0.1) is 0 Å². The van der Waals surface area contributed by atoms with Gasteiger partial charge in [0.15, 0.2) is 0 Å². The van der Waals surface area contributed by atoms with Gasteiger partial charge in [0.1, 0.15) is 0 Å². The van der Waals surface area contributed by atoms with Crippen LogP contribution in [-0.4, -0.2) is 28.8 Å². The molecule has 0 atom stereocenters. The number of hydrogen-bond acceptors (Lipinski definition) is 6. The monoisotopic (exact) mass is 344 g/mol. The summed E-state index contributed by atoms with van der Waals surface area (Å²) in [6.45, 7) is 2.33. The third kappa shape index (κ3) is 4.74. The zero-order chi connectivity index (χ0) is 18.4. The fourth-order valence-electron chi connectivity index (χ4n) is 2.19. The zero-order valence-corrected chi connectivity index (χ0v) is 13.4. The Balaban J connectivity index is 1.83. The van der Waals surface area contributed by atoms with Gasteiger partial charge in [-0.25, -0.2) is 0 Å². The van der Waals surface area contributed by atoms with Crippen molar-refractivity contribution in [2.75, 3.05) is 18.4 Å². The summed E-state index contributed by atoms with van der Waals surface area (Å²) >= 11 is 0. The van der Waals surface area contributed by atoms with Crippen molar-refractivity contribution in [1.82, 2.24) is 5.32 Å². The Hall–Kier alpha value is -3.49. The van der Waals surface area contributed by atoms with Crippen LogP contribution in [0.1, 0.15) is 15.9 Å². The highest BCUT2D eigenvalue weighted by molar-refractivity contribution is 5.94. The van der Waals surface area contributed by atoms with Crippen molar-refractivity contribution in [2.45, 2.75) is 6.92 Å². The number of nitro benzene ring substituents is 2. The van der Waals surface area contributed by atoms with Gasteiger partial charge in [0, 0.05) is 48.1 Å². The number of rotatable bonds is 7. The number of nitrogens with zero attached hydrogens (tertiary/aromatic N) is 2. The molecule has 0 unspecified atom stereocenters. The maximum absolute atomic E-state index is 12.0. The van der Waals surface area contributed by atoms with Gasteiger partial charge >= 0.3 is 0 Å². The molecule has 1 amide bonds. The second-order valence-electron chi connectivity index (χ2n) is 5.25. The van der Waals surface area contributed by atoms with Gasteiger partial charge in [-0.1, -0.05) is 0 Å². The minimum atomic E-state index is -0.495. The van der Waals surface area contributed by atoms with Gasteiger partial charge in [0.2, 0.25) is 0 Å². The molecule has 0 saturated carbocycles. The maximum atomic E-state index is 12.0. The minimum absolute atomic E-state index is 0.00685. The highest BCUT2D eigenvalue weighted by Crippen LogP contribution is 2.18. The average molecular weight is 344 g/mol. The van der Waals surface area contributed by atoms with E-state index in [1.807, 2.05) is 0 Å². The van der Waals surface area contributed by atoms with Crippen LogP contribution in [0.2, 0.25) is 0 Å². The molecule has 25 heavy (non-hydrogen) atoms. The first-order valence-corrected chi connectivity index (χ1v) is 7.40. The SMILES string of the molecule is Cc1cc(C(=O)NCCNc2ccc([N+](=O)[O-])cc2)ccc1[N+](=O)[O-]. The van der Waals surface area contributed by atoms with Crippen molar-refractivity contribution in [3.8, 4) is 0 Å². The molecule has 0 bridgehead atoms. The molecule has 0 aromatic heterocycles. The highest BCUT2D eigenvalue weighted by Gasteiger charge is 2.13. The van der Waals surface area contributed by atoms with E-state index in [0.717, 1.165) is 0 Å². The molecule has 9 nitrogen and oxygen atoms in total. The number of amides is 1. The van der Waals surface area contributed by atoms with Gasteiger partial charge < -0.3 is 10.6 Å². The quantitative estimate of drug-likeness (QED) is 0.451. The Morgan fingerprint density at radius 2 is 1.68 bits per heavy atom. The average Bonchev–Trinajstić information content (AvgIpc) is 2.58. The van der Waals surface area contributed by atoms with Crippen LogP contribution in [0.25, 0.3) is 0 Å². The molecule has 0 fully saturated rings. The molecule has 0 radical (unpaired) electrons. The number of nitrogens with one attached hydrogen (secondary N) is 2. The Bertz CT molecular complexity index is 805. The summed E-state index contributed by atoms with van der Waals surface area (Å²) in [4.78, 5) is 32.4. The molecule has 0 aliphatic carbocycles. The van der Waals surface area contributed by atoms with Gasteiger partial charge in [-0.2, -0.15) is 0 Å². The Kier molecular flexibility index (Phi) is 5.62. The summed E-state index contributed by atoms with van der Waals surface area (Å²) < 4.78 is 0. The number of nitro groups is 2. The molecule has 0 saturated heterocycles. The number of carbonyl (C=O) groups excluding carboxylic acids is 1. The Labute approximate surface area is 143 Å². The summed E-state index contributed by atoms with van der Waals surface area (Å²) in [6, 6.07) is 10.1. The molecule has 0 aliphatic rings. The molecular formula is C16H16N4O5. The number of benzene rings is 2. The van der Waals surface area contributed by atoms with Crippen LogP contribution in [-0.2, 0) is 0 Å². The molecule has 2 rings (SSSR count). The van der Waals surface area contributed by atoms with Crippen molar-refractivity contribution < 1.29 is 14.6 Å².